The molecular weight excluding hydrogens is 1650 g/mol. The molecule has 2 aliphatic heterocycles. The molecule has 0 bridgehead atoms. The summed E-state index contributed by atoms with van der Waals surface area (Å²) in [5.41, 5.74) is 17.5. The second-order valence-electron chi connectivity index (χ2n) is 44.9. The smallest absolute Gasteiger partial charge is 0.0596 e. The van der Waals surface area contributed by atoms with E-state index in [2.05, 4.69) is 222 Å². The molecule has 22 nitrogen and oxygen atoms in total. The molecule has 8 N–H and O–H groups in total. The highest BCUT2D eigenvalue weighted by atomic mass is 16.5. The zero-order chi connectivity index (χ0) is 94.4. The minimum Gasteiger partial charge on any atom is -0.393 e. The number of H-pyrrole nitrogens is 6. The summed E-state index contributed by atoms with van der Waals surface area (Å²) < 4.78 is 11.4. The van der Waals surface area contributed by atoms with Gasteiger partial charge in [-0.1, -0.05) is 147 Å². The van der Waals surface area contributed by atoms with Crippen molar-refractivity contribution in [1.82, 2.24) is 90.6 Å². The Morgan fingerprint density at radius 1 is 0.331 bits per heavy atom. The van der Waals surface area contributed by atoms with Gasteiger partial charge in [-0.3, -0.25) is 30.6 Å². The van der Waals surface area contributed by atoms with E-state index in [-0.39, 0.29) is 30.5 Å². The van der Waals surface area contributed by atoms with Crippen molar-refractivity contribution in [2.75, 3.05) is 94.8 Å². The minimum atomic E-state index is -0.0901. The van der Waals surface area contributed by atoms with Crippen molar-refractivity contribution in [3.05, 3.63) is 105 Å². The van der Waals surface area contributed by atoms with Crippen molar-refractivity contribution in [3.63, 3.8) is 0 Å². The van der Waals surface area contributed by atoms with Crippen molar-refractivity contribution < 1.29 is 19.7 Å². The van der Waals surface area contributed by atoms with Gasteiger partial charge >= 0.3 is 0 Å². The molecule has 6 atom stereocenters. The summed E-state index contributed by atoms with van der Waals surface area (Å²) in [5, 5.41) is 67.1. The number of aliphatic hydroxyl groups is 2. The molecule has 6 aromatic rings. The van der Waals surface area contributed by atoms with Crippen LogP contribution in [-0.2, 0) is 48.7 Å². The van der Waals surface area contributed by atoms with Crippen molar-refractivity contribution in [2.24, 2.45) is 39.9 Å². The molecule has 15 rings (SSSR count). The molecule has 0 aromatic carbocycles. The normalized spacial score (nSPS) is 24.8. The van der Waals surface area contributed by atoms with Crippen LogP contribution in [0.4, 0.5) is 0 Å². The predicted molar refractivity (Wildman–Crippen MR) is 552 cm³/mol. The van der Waals surface area contributed by atoms with Gasteiger partial charge in [-0.25, -0.2) is 0 Å². The fourth-order valence-corrected chi connectivity index (χ4v) is 24.9. The standard InChI is InChI=1S/C20H35N3O.2C19H33N3O.2C18H33N3.C16H29N3O.CH4/c1-3-4-12-23(2)15-17-14-21-22-19(17)16-8-9-18(24)20(13-16)10-6-5-7-11-20;1-3-4-11-22(2)15-17-14-20-21-18(17)16-5-7-19(8-6-16)9-12-23-13-10-19;1-3-4-11-22(2)14-16-13-20-21-18(16)15-7-8-17(23)19(12-15)9-5-6-10-19;2*1-5-6-11-21(4)13-17-12-19-20-18(17)16-9-7-15(8-10-16)14(2)3;1-5-6-7-19(4)11-15-10-17-18-16(15)14-8-12(2)20-13(3)9-14;/h14,16,18,24H,3-13,15H2,1-2H3,(H,21,22);14,16H,3-13,15H2,1-2H3,(H,20,21);13,15,17,23H,3-12,14H2,1-2H3,(H,20,21);2*12,14-16H,5-11,13H2,1-4H3,(H,19,20);10,12-14H,5-9,11H2,1-4H3,(H,17,18);1H4/t16-,18+;;15-,17+;;;;/m0.1..../s1. The van der Waals surface area contributed by atoms with E-state index >= 15 is 0 Å². The first-order valence-electron chi connectivity index (χ1n) is 54.7. The Morgan fingerprint density at radius 3 is 0.850 bits per heavy atom. The molecule has 758 valence electrons. The lowest BCUT2D eigenvalue weighted by Crippen LogP contribution is -2.42. The van der Waals surface area contributed by atoms with E-state index in [1.165, 1.54) is 312 Å². The first-order chi connectivity index (χ1) is 63.8. The zero-order valence-corrected chi connectivity index (χ0v) is 87.4. The van der Waals surface area contributed by atoms with Crippen molar-refractivity contribution in [3.8, 4) is 0 Å². The zero-order valence-electron chi connectivity index (χ0n) is 87.4. The van der Waals surface area contributed by atoms with Crippen LogP contribution in [0.5, 0.6) is 0 Å². The van der Waals surface area contributed by atoms with Gasteiger partial charge in [0, 0.05) is 156 Å². The average Bonchev–Trinajstić information content (AvgIpc) is 1.71. The SMILES string of the molecule is C.CCCCN(C)Cc1cn[nH]c1C1CC(C)OC(C)C1.CCCCN(C)Cc1cn[nH]c1C1CCC(C(C)C)CC1.CCCCN(C)Cc1cn[nH]c1C1CCC(C(C)C)CC1.CCCCN(C)Cc1cn[nH]c1C1CCC2(CCOCC2)CC1.CCCCN(C)Cc1cn[nH]c1[C@@H]1CC[C@H](O)C2(CCCC2)C1.CCCCN(C)Cc1cn[nH]c1[C@H]1CC[C@@H](O)C2(CCCCC2)C1. The van der Waals surface area contributed by atoms with Gasteiger partial charge < -0.3 is 49.1 Å². The van der Waals surface area contributed by atoms with E-state index in [0.717, 1.165) is 147 Å². The average molecular weight is 1850 g/mol. The summed E-state index contributed by atoms with van der Waals surface area (Å²) in [4.78, 5) is 14.5. The molecule has 8 heterocycles. The van der Waals surface area contributed by atoms with Gasteiger partial charge in [0.1, 0.15) is 0 Å². The second-order valence-corrected chi connectivity index (χ2v) is 44.9. The Morgan fingerprint density at radius 2 is 0.579 bits per heavy atom. The molecule has 0 radical (unpaired) electrons. The largest absolute Gasteiger partial charge is 0.393 e. The van der Waals surface area contributed by atoms with Crippen LogP contribution in [0.2, 0.25) is 0 Å². The molecule has 9 aliphatic rings. The summed E-state index contributed by atoms with van der Waals surface area (Å²) in [6.45, 7) is 42.3. The van der Waals surface area contributed by atoms with Gasteiger partial charge in [-0.05, 0) is 341 Å². The minimum absolute atomic E-state index is 0. The number of ether oxygens (including phenoxy) is 2. The second kappa shape index (κ2) is 58.2. The third kappa shape index (κ3) is 34.4. The van der Waals surface area contributed by atoms with Crippen LogP contribution in [0.15, 0.2) is 37.2 Å². The lowest BCUT2D eigenvalue weighted by molar-refractivity contribution is -0.0438. The number of hydrogen-bond donors (Lipinski definition) is 8. The van der Waals surface area contributed by atoms with Crippen LogP contribution in [0.1, 0.15) is 470 Å². The molecular formula is C111H200N18O4. The lowest BCUT2D eigenvalue weighted by atomic mass is 9.60. The number of nitrogens with one attached hydrogen (secondary N) is 6. The molecule has 9 fully saturated rings. The number of aromatic amines is 6. The third-order valence-electron chi connectivity index (χ3n) is 33.4. The molecule has 133 heavy (non-hydrogen) atoms. The van der Waals surface area contributed by atoms with Crippen LogP contribution in [-0.4, -0.2) is 220 Å². The van der Waals surface area contributed by atoms with Gasteiger partial charge in [0.15, 0.2) is 0 Å². The monoisotopic (exact) mass is 1850 g/mol. The Bertz CT molecular complexity index is 3890. The Labute approximate surface area is 810 Å². The van der Waals surface area contributed by atoms with E-state index < -0.39 is 0 Å². The summed E-state index contributed by atoms with van der Waals surface area (Å²) in [6.07, 6.45) is 66.5. The lowest BCUT2D eigenvalue weighted by Gasteiger charge is -2.47. The maximum Gasteiger partial charge on any atom is 0.0596 e. The molecule has 2 unspecified atom stereocenters. The van der Waals surface area contributed by atoms with Gasteiger partial charge in [-0.15, -0.1) is 0 Å². The fraction of sp³-hybridized carbons (Fsp3) is 0.838. The van der Waals surface area contributed by atoms with Crippen molar-refractivity contribution in [2.45, 2.75) is 466 Å². The van der Waals surface area contributed by atoms with E-state index in [1.54, 1.807) is 0 Å². The predicted octanol–water partition coefficient (Wildman–Crippen LogP) is 25.2. The van der Waals surface area contributed by atoms with Crippen molar-refractivity contribution >= 4 is 0 Å². The molecule has 0 amide bonds. The van der Waals surface area contributed by atoms with E-state index in [9.17, 15) is 10.2 Å². The number of aromatic nitrogens is 12. The van der Waals surface area contributed by atoms with E-state index in [0.29, 0.717) is 53.1 Å². The van der Waals surface area contributed by atoms with Gasteiger partial charge in [-0.2, -0.15) is 30.6 Å². The number of nitrogens with zero attached hydrogens (tertiary/aromatic N) is 12. The van der Waals surface area contributed by atoms with Gasteiger partial charge in [0.2, 0.25) is 0 Å². The first kappa shape index (κ1) is 111. The van der Waals surface area contributed by atoms with Crippen LogP contribution in [0.25, 0.3) is 0 Å². The quantitative estimate of drug-likeness (QED) is 0.0179. The fourth-order valence-electron chi connectivity index (χ4n) is 24.9. The molecule has 7 aliphatic carbocycles. The number of rotatable bonds is 38. The molecule has 7 saturated carbocycles. The summed E-state index contributed by atoms with van der Waals surface area (Å²) in [7, 11) is 13.3. The van der Waals surface area contributed by atoms with Crippen LogP contribution < -0.4 is 0 Å². The van der Waals surface area contributed by atoms with Crippen molar-refractivity contribution in [1.29, 1.82) is 0 Å². The number of unbranched alkanes of at least 4 members (excludes halogenated alkanes) is 6. The molecule has 3 spiro atoms. The molecule has 6 aromatic heterocycles. The Balaban J connectivity index is 0.000000179. The first-order valence-corrected chi connectivity index (χ1v) is 54.7. The highest BCUT2D eigenvalue weighted by molar-refractivity contribution is 5.27. The number of hydrogen-bond acceptors (Lipinski definition) is 16. The van der Waals surface area contributed by atoms with Crippen LogP contribution in [0, 0.1) is 39.9 Å². The van der Waals surface area contributed by atoms with Gasteiger partial charge in [0.05, 0.1) is 61.6 Å². The van der Waals surface area contributed by atoms with E-state index in [4.69, 9.17) is 9.47 Å². The van der Waals surface area contributed by atoms with E-state index in [1.807, 2.05) is 31.0 Å². The highest BCUT2D eigenvalue weighted by Crippen LogP contribution is 2.55. The summed E-state index contributed by atoms with van der Waals surface area (Å²) >= 11 is 0. The molecule has 2 saturated heterocycles. The summed E-state index contributed by atoms with van der Waals surface area (Å²) in [6, 6.07) is 0. The molecule has 22 heteroatoms. The maximum atomic E-state index is 10.7. The third-order valence-corrected chi connectivity index (χ3v) is 33.4. The maximum absolute atomic E-state index is 10.7. The number of aliphatic hydroxyl groups excluding tert-OH is 2. The van der Waals surface area contributed by atoms with Gasteiger partial charge in [0.25, 0.3) is 0 Å². The topological polar surface area (TPSA) is 250 Å². The Kier molecular flexibility index (Phi) is 48.8. The van der Waals surface area contributed by atoms with Crippen LogP contribution in [0.3, 0.4) is 0 Å². The summed E-state index contributed by atoms with van der Waals surface area (Å²) in [5.74, 6) is 7.29. The van der Waals surface area contributed by atoms with Crippen LogP contribution >= 0.6 is 0 Å². The Hall–Kier alpha value is -5.14. The highest BCUT2D eigenvalue weighted by Gasteiger charge is 2.48.